The number of nitrogens with zero attached hydrogens (tertiary/aromatic N) is 2. The monoisotopic (exact) mass is 464 g/mol. The largest absolute Gasteiger partial charge is 0.351 e. The summed E-state index contributed by atoms with van der Waals surface area (Å²) in [6, 6.07) is 6.59. The highest BCUT2D eigenvalue weighted by Gasteiger charge is 2.21. The summed E-state index contributed by atoms with van der Waals surface area (Å²) >= 11 is 7.14. The van der Waals surface area contributed by atoms with E-state index in [0.29, 0.717) is 28.0 Å². The molecule has 9 heteroatoms. The Labute approximate surface area is 192 Å². The first-order valence-corrected chi connectivity index (χ1v) is 11.3. The van der Waals surface area contributed by atoms with Gasteiger partial charge in [0.2, 0.25) is 11.8 Å². The van der Waals surface area contributed by atoms with Gasteiger partial charge in [-0.3, -0.25) is 14.4 Å². The van der Waals surface area contributed by atoms with Gasteiger partial charge in [0, 0.05) is 28.0 Å². The molecule has 0 radical (unpaired) electrons. The van der Waals surface area contributed by atoms with Crippen molar-refractivity contribution in [2.75, 3.05) is 18.4 Å². The maximum atomic E-state index is 12.9. The van der Waals surface area contributed by atoms with Crippen LogP contribution in [-0.2, 0) is 16.0 Å². The molecule has 0 atom stereocenters. The lowest BCUT2D eigenvalue weighted by Gasteiger charge is -2.24. The number of amides is 3. The molecule has 1 aromatic heterocycles. The maximum absolute atomic E-state index is 12.9. The Bertz CT molecular complexity index is 920. The summed E-state index contributed by atoms with van der Waals surface area (Å²) in [5.74, 6) is -0.522. The van der Waals surface area contributed by atoms with Gasteiger partial charge in [-0.25, -0.2) is 4.98 Å². The van der Waals surface area contributed by atoms with Crippen LogP contribution in [0.1, 0.15) is 50.7 Å². The fourth-order valence-electron chi connectivity index (χ4n) is 2.84. The standard InChI is InChI=1S/C22H29ClN4O3S/c1-14(2)11-27(20(30)15-6-8-16(23)9-7-15)12-19(29)25-21-24-17(13-31-21)10-18(28)26-22(3,4)5/h6-9,13-14H,10-12H2,1-5H3,(H,26,28)(H,24,25,29). The first kappa shape index (κ1) is 24.8. The van der Waals surface area contributed by atoms with E-state index in [0.717, 1.165) is 0 Å². The SMILES string of the molecule is CC(C)CN(CC(=O)Nc1nc(CC(=O)NC(C)(C)C)cs1)C(=O)c1ccc(Cl)cc1. The molecule has 0 unspecified atom stereocenters. The molecule has 3 amide bonds. The van der Waals surface area contributed by atoms with Crippen LogP contribution in [0.2, 0.25) is 5.02 Å². The second-order valence-corrected chi connectivity index (χ2v) is 10.0. The van der Waals surface area contributed by atoms with Crippen LogP contribution >= 0.6 is 22.9 Å². The highest BCUT2D eigenvalue weighted by atomic mass is 35.5. The highest BCUT2D eigenvalue weighted by molar-refractivity contribution is 7.13. The molecule has 0 aliphatic rings. The fraction of sp³-hybridized carbons (Fsp3) is 0.455. The zero-order valence-electron chi connectivity index (χ0n) is 18.5. The molecule has 0 bridgehead atoms. The second-order valence-electron chi connectivity index (χ2n) is 8.75. The van der Waals surface area contributed by atoms with Gasteiger partial charge in [-0.2, -0.15) is 0 Å². The highest BCUT2D eigenvalue weighted by Crippen LogP contribution is 2.17. The number of halogens is 1. The summed E-state index contributed by atoms with van der Waals surface area (Å²) in [7, 11) is 0. The molecular weight excluding hydrogens is 436 g/mol. The Balaban J connectivity index is 1.99. The number of carbonyl (C=O) groups is 3. The number of hydrogen-bond acceptors (Lipinski definition) is 5. The van der Waals surface area contributed by atoms with Crippen LogP contribution in [0.3, 0.4) is 0 Å². The zero-order chi connectivity index (χ0) is 23.2. The topological polar surface area (TPSA) is 91.4 Å². The minimum Gasteiger partial charge on any atom is -0.351 e. The molecule has 0 fully saturated rings. The van der Waals surface area contributed by atoms with Crippen LogP contribution in [0.5, 0.6) is 0 Å². The third-order valence-electron chi connectivity index (χ3n) is 3.95. The third-order valence-corrected chi connectivity index (χ3v) is 5.01. The Kier molecular flexibility index (Phi) is 8.59. The van der Waals surface area contributed by atoms with Crippen LogP contribution in [0.25, 0.3) is 0 Å². The number of hydrogen-bond donors (Lipinski definition) is 2. The van der Waals surface area contributed by atoms with Gasteiger partial charge in [-0.1, -0.05) is 25.4 Å². The Morgan fingerprint density at radius 3 is 2.35 bits per heavy atom. The maximum Gasteiger partial charge on any atom is 0.254 e. The summed E-state index contributed by atoms with van der Waals surface area (Å²) in [5, 5.41) is 8.28. The fourth-order valence-corrected chi connectivity index (χ4v) is 3.69. The molecule has 2 N–H and O–H groups in total. The van der Waals surface area contributed by atoms with E-state index < -0.39 is 0 Å². The number of carbonyl (C=O) groups excluding carboxylic acids is 3. The Hall–Kier alpha value is -2.45. The summed E-state index contributed by atoms with van der Waals surface area (Å²) in [6.07, 6.45) is 0.137. The van der Waals surface area contributed by atoms with Crippen molar-refractivity contribution >= 4 is 45.8 Å². The lowest BCUT2D eigenvalue weighted by molar-refractivity contribution is -0.122. The molecule has 31 heavy (non-hydrogen) atoms. The van der Waals surface area contributed by atoms with Crippen LogP contribution < -0.4 is 10.6 Å². The van der Waals surface area contributed by atoms with E-state index in [2.05, 4.69) is 15.6 Å². The number of rotatable bonds is 8. The summed E-state index contributed by atoms with van der Waals surface area (Å²) in [5.41, 5.74) is 0.735. The number of anilines is 1. The molecule has 0 spiro atoms. The lowest BCUT2D eigenvalue weighted by Crippen LogP contribution is -2.41. The van der Waals surface area contributed by atoms with Crippen molar-refractivity contribution in [3.8, 4) is 0 Å². The third kappa shape index (κ3) is 8.67. The van der Waals surface area contributed by atoms with Gasteiger partial charge in [-0.05, 0) is 51.0 Å². The van der Waals surface area contributed by atoms with E-state index in [1.807, 2.05) is 34.6 Å². The van der Waals surface area contributed by atoms with Gasteiger partial charge in [-0.15, -0.1) is 11.3 Å². The number of thiazole rings is 1. The van der Waals surface area contributed by atoms with Gasteiger partial charge in [0.1, 0.15) is 6.54 Å². The molecule has 7 nitrogen and oxygen atoms in total. The van der Waals surface area contributed by atoms with Crippen LogP contribution in [-0.4, -0.2) is 46.2 Å². The smallest absolute Gasteiger partial charge is 0.254 e. The van der Waals surface area contributed by atoms with Crippen molar-refractivity contribution in [1.82, 2.24) is 15.2 Å². The molecule has 0 aliphatic carbocycles. The van der Waals surface area contributed by atoms with E-state index in [1.165, 1.54) is 16.2 Å². The van der Waals surface area contributed by atoms with Crippen molar-refractivity contribution < 1.29 is 14.4 Å². The minimum absolute atomic E-state index is 0.0982. The zero-order valence-corrected chi connectivity index (χ0v) is 20.1. The van der Waals surface area contributed by atoms with E-state index in [9.17, 15) is 14.4 Å². The molecule has 0 aliphatic heterocycles. The minimum atomic E-state index is -0.344. The average Bonchev–Trinajstić information content (AvgIpc) is 3.05. The van der Waals surface area contributed by atoms with Crippen LogP contribution in [0.4, 0.5) is 5.13 Å². The molecule has 1 aromatic carbocycles. The van der Waals surface area contributed by atoms with Gasteiger partial charge in [0.25, 0.3) is 5.91 Å². The van der Waals surface area contributed by atoms with Gasteiger partial charge in [0.05, 0.1) is 12.1 Å². The van der Waals surface area contributed by atoms with Crippen molar-refractivity contribution in [1.29, 1.82) is 0 Å². The quantitative estimate of drug-likeness (QED) is 0.617. The first-order chi connectivity index (χ1) is 14.4. The lowest BCUT2D eigenvalue weighted by atomic mass is 10.1. The second kappa shape index (κ2) is 10.7. The van der Waals surface area contributed by atoms with E-state index >= 15 is 0 Å². The summed E-state index contributed by atoms with van der Waals surface area (Å²) < 4.78 is 0. The number of aromatic nitrogens is 1. The van der Waals surface area contributed by atoms with Crippen molar-refractivity contribution in [3.05, 3.63) is 45.9 Å². The van der Waals surface area contributed by atoms with Crippen molar-refractivity contribution in [2.45, 2.75) is 46.6 Å². The van der Waals surface area contributed by atoms with Gasteiger partial charge < -0.3 is 15.5 Å². The van der Waals surface area contributed by atoms with Gasteiger partial charge >= 0.3 is 0 Å². The van der Waals surface area contributed by atoms with Crippen molar-refractivity contribution in [2.24, 2.45) is 5.92 Å². The predicted octanol–water partition coefficient (Wildman–Crippen LogP) is 3.99. The van der Waals surface area contributed by atoms with Gasteiger partial charge in [0.15, 0.2) is 5.13 Å². The summed E-state index contributed by atoms with van der Waals surface area (Å²) in [6.45, 7) is 10.0. The average molecular weight is 465 g/mol. The first-order valence-electron chi connectivity index (χ1n) is 10.0. The predicted molar refractivity (Wildman–Crippen MR) is 125 cm³/mol. The summed E-state index contributed by atoms with van der Waals surface area (Å²) in [4.78, 5) is 43.3. The molecule has 0 saturated carbocycles. The Morgan fingerprint density at radius 1 is 1.13 bits per heavy atom. The Morgan fingerprint density at radius 2 is 1.77 bits per heavy atom. The molecule has 2 rings (SSSR count). The van der Waals surface area contributed by atoms with Crippen molar-refractivity contribution in [3.63, 3.8) is 0 Å². The van der Waals surface area contributed by atoms with Crippen LogP contribution in [0, 0.1) is 5.92 Å². The normalized spacial score (nSPS) is 11.3. The number of benzene rings is 1. The van der Waals surface area contributed by atoms with E-state index in [1.54, 1.807) is 29.6 Å². The number of nitrogens with one attached hydrogen (secondary N) is 2. The van der Waals surface area contributed by atoms with E-state index in [-0.39, 0.29) is 42.1 Å². The van der Waals surface area contributed by atoms with Crippen LogP contribution in [0.15, 0.2) is 29.6 Å². The van der Waals surface area contributed by atoms with E-state index in [4.69, 9.17) is 11.6 Å². The molecule has 0 saturated heterocycles. The molecule has 168 valence electrons. The molecule has 1 heterocycles. The molecule has 2 aromatic rings. The molecular formula is C22H29ClN4O3S.